The number of hydrogen-bond donors (Lipinski definition) is 1. The third kappa shape index (κ3) is 4.94. The summed E-state index contributed by atoms with van der Waals surface area (Å²) in [4.78, 5) is 2.38. The summed E-state index contributed by atoms with van der Waals surface area (Å²) in [6.07, 6.45) is 5.69. The first-order valence-corrected chi connectivity index (χ1v) is 5.72. The van der Waals surface area contributed by atoms with E-state index in [0.717, 1.165) is 39.0 Å². The Kier molecular flexibility index (Phi) is 6.15. The standard InChI is InChI=1S/C11H23NO2/c1-14-9-4-2-3-7-12-8-5-6-11(13)10-12/h11,13H,2-10H2,1H3. The van der Waals surface area contributed by atoms with E-state index in [2.05, 4.69) is 4.90 Å². The van der Waals surface area contributed by atoms with Crippen LogP contribution in [-0.2, 0) is 4.74 Å². The molecule has 0 saturated carbocycles. The highest BCUT2D eigenvalue weighted by Crippen LogP contribution is 2.10. The van der Waals surface area contributed by atoms with Gasteiger partial charge < -0.3 is 14.7 Å². The number of β-amino-alcohol motifs (C(OH)–C–C–N with tert-alkyl or cyclic N) is 1. The Morgan fingerprint density at radius 1 is 1.36 bits per heavy atom. The van der Waals surface area contributed by atoms with Crippen molar-refractivity contribution < 1.29 is 9.84 Å². The average molecular weight is 201 g/mol. The van der Waals surface area contributed by atoms with Crippen molar-refractivity contribution in [2.75, 3.05) is 33.4 Å². The first-order chi connectivity index (χ1) is 6.83. The molecule has 1 fully saturated rings. The normalized spacial score (nSPS) is 24.0. The number of ether oxygens (including phenoxy) is 1. The number of rotatable bonds is 6. The molecule has 1 unspecified atom stereocenters. The Morgan fingerprint density at radius 2 is 2.21 bits per heavy atom. The van der Waals surface area contributed by atoms with E-state index in [1.165, 1.54) is 19.4 Å². The van der Waals surface area contributed by atoms with Crippen LogP contribution in [0.3, 0.4) is 0 Å². The van der Waals surface area contributed by atoms with Gasteiger partial charge in [0.05, 0.1) is 6.10 Å². The minimum absolute atomic E-state index is 0.0808. The average Bonchev–Trinajstić information content (AvgIpc) is 2.18. The molecule has 1 saturated heterocycles. The molecule has 3 heteroatoms. The summed E-state index contributed by atoms with van der Waals surface area (Å²) in [7, 11) is 1.75. The molecule has 1 heterocycles. The first-order valence-electron chi connectivity index (χ1n) is 5.72. The third-order valence-electron chi connectivity index (χ3n) is 2.80. The number of nitrogens with zero attached hydrogens (tertiary/aromatic N) is 1. The fourth-order valence-corrected chi connectivity index (χ4v) is 1.99. The highest BCUT2D eigenvalue weighted by molar-refractivity contribution is 4.71. The summed E-state index contributed by atoms with van der Waals surface area (Å²) in [5.74, 6) is 0. The molecule has 0 aromatic rings. The van der Waals surface area contributed by atoms with E-state index in [1.54, 1.807) is 7.11 Å². The molecular weight excluding hydrogens is 178 g/mol. The van der Waals surface area contributed by atoms with Crippen LogP contribution in [0, 0.1) is 0 Å². The van der Waals surface area contributed by atoms with Crippen molar-refractivity contribution in [1.29, 1.82) is 0 Å². The van der Waals surface area contributed by atoms with Gasteiger partial charge in [-0.05, 0) is 45.2 Å². The lowest BCUT2D eigenvalue weighted by Crippen LogP contribution is -2.38. The lowest BCUT2D eigenvalue weighted by Gasteiger charge is -2.29. The van der Waals surface area contributed by atoms with Crippen molar-refractivity contribution in [3.63, 3.8) is 0 Å². The number of likely N-dealkylation sites (tertiary alicyclic amines) is 1. The molecule has 1 rings (SSSR count). The van der Waals surface area contributed by atoms with Gasteiger partial charge in [-0.3, -0.25) is 0 Å². The number of aliphatic hydroxyl groups is 1. The van der Waals surface area contributed by atoms with Crippen molar-refractivity contribution in [3.8, 4) is 0 Å². The van der Waals surface area contributed by atoms with Crippen LogP contribution >= 0.6 is 0 Å². The first kappa shape index (κ1) is 12.0. The van der Waals surface area contributed by atoms with E-state index in [1.807, 2.05) is 0 Å². The van der Waals surface area contributed by atoms with E-state index in [-0.39, 0.29) is 6.10 Å². The van der Waals surface area contributed by atoms with Crippen molar-refractivity contribution in [3.05, 3.63) is 0 Å². The van der Waals surface area contributed by atoms with Gasteiger partial charge in [0.25, 0.3) is 0 Å². The largest absolute Gasteiger partial charge is 0.392 e. The van der Waals surface area contributed by atoms with Gasteiger partial charge in [-0.25, -0.2) is 0 Å². The van der Waals surface area contributed by atoms with Crippen LogP contribution in [0.5, 0.6) is 0 Å². The molecule has 0 aromatic heterocycles. The Labute approximate surface area is 87.1 Å². The van der Waals surface area contributed by atoms with Gasteiger partial charge in [-0.1, -0.05) is 0 Å². The van der Waals surface area contributed by atoms with Crippen LogP contribution in [0.25, 0.3) is 0 Å². The summed E-state index contributed by atoms with van der Waals surface area (Å²) in [6, 6.07) is 0. The monoisotopic (exact) mass is 201 g/mol. The number of piperidine rings is 1. The zero-order valence-electron chi connectivity index (χ0n) is 9.24. The molecule has 0 bridgehead atoms. The van der Waals surface area contributed by atoms with E-state index >= 15 is 0 Å². The predicted molar refractivity (Wildman–Crippen MR) is 57.4 cm³/mol. The molecule has 0 spiro atoms. The maximum absolute atomic E-state index is 9.46. The summed E-state index contributed by atoms with van der Waals surface area (Å²) in [5.41, 5.74) is 0. The van der Waals surface area contributed by atoms with Crippen molar-refractivity contribution in [2.24, 2.45) is 0 Å². The summed E-state index contributed by atoms with van der Waals surface area (Å²) >= 11 is 0. The minimum atomic E-state index is -0.0808. The molecule has 1 aliphatic rings. The number of unbranched alkanes of at least 4 members (excludes halogenated alkanes) is 2. The molecular formula is C11H23NO2. The van der Waals surface area contributed by atoms with Crippen LogP contribution in [0.2, 0.25) is 0 Å². The molecule has 84 valence electrons. The Bertz CT molecular complexity index is 141. The van der Waals surface area contributed by atoms with Gasteiger partial charge in [0, 0.05) is 20.3 Å². The second-order valence-electron chi connectivity index (χ2n) is 4.15. The quantitative estimate of drug-likeness (QED) is 0.657. The molecule has 0 aromatic carbocycles. The van der Waals surface area contributed by atoms with Crippen LogP contribution in [0.1, 0.15) is 32.1 Å². The molecule has 3 nitrogen and oxygen atoms in total. The smallest absolute Gasteiger partial charge is 0.0667 e. The molecule has 14 heavy (non-hydrogen) atoms. The minimum Gasteiger partial charge on any atom is -0.392 e. The summed E-state index contributed by atoms with van der Waals surface area (Å²) in [5, 5.41) is 9.46. The highest BCUT2D eigenvalue weighted by atomic mass is 16.5. The van der Waals surface area contributed by atoms with E-state index in [4.69, 9.17) is 4.74 Å². The van der Waals surface area contributed by atoms with E-state index in [9.17, 15) is 5.11 Å². The van der Waals surface area contributed by atoms with Crippen molar-refractivity contribution in [1.82, 2.24) is 4.90 Å². The molecule has 1 N–H and O–H groups in total. The van der Waals surface area contributed by atoms with Gasteiger partial charge in [-0.2, -0.15) is 0 Å². The fraction of sp³-hybridized carbons (Fsp3) is 1.00. The van der Waals surface area contributed by atoms with Crippen LogP contribution < -0.4 is 0 Å². The maximum atomic E-state index is 9.46. The predicted octanol–water partition coefficient (Wildman–Crippen LogP) is 1.26. The molecule has 1 atom stereocenters. The SMILES string of the molecule is COCCCCCN1CCCC(O)C1. The highest BCUT2D eigenvalue weighted by Gasteiger charge is 2.16. The number of methoxy groups -OCH3 is 1. The molecule has 0 aliphatic carbocycles. The van der Waals surface area contributed by atoms with E-state index in [0.29, 0.717) is 0 Å². The summed E-state index contributed by atoms with van der Waals surface area (Å²) < 4.78 is 5.00. The van der Waals surface area contributed by atoms with Gasteiger partial charge >= 0.3 is 0 Å². The van der Waals surface area contributed by atoms with Crippen LogP contribution in [0.15, 0.2) is 0 Å². The molecule has 0 amide bonds. The van der Waals surface area contributed by atoms with Crippen LogP contribution in [0.4, 0.5) is 0 Å². The maximum Gasteiger partial charge on any atom is 0.0667 e. The topological polar surface area (TPSA) is 32.7 Å². The Hall–Kier alpha value is -0.120. The second kappa shape index (κ2) is 7.21. The lowest BCUT2D eigenvalue weighted by atomic mass is 10.1. The zero-order valence-corrected chi connectivity index (χ0v) is 9.24. The molecule has 0 radical (unpaired) electrons. The van der Waals surface area contributed by atoms with Gasteiger partial charge in [0.15, 0.2) is 0 Å². The third-order valence-corrected chi connectivity index (χ3v) is 2.80. The fourth-order valence-electron chi connectivity index (χ4n) is 1.99. The zero-order chi connectivity index (χ0) is 10.2. The molecule has 1 aliphatic heterocycles. The lowest BCUT2D eigenvalue weighted by molar-refractivity contribution is 0.0694. The van der Waals surface area contributed by atoms with Crippen LogP contribution in [-0.4, -0.2) is 49.5 Å². The summed E-state index contributed by atoms with van der Waals surface area (Å²) in [6.45, 7) is 4.06. The number of aliphatic hydroxyl groups excluding tert-OH is 1. The second-order valence-corrected chi connectivity index (χ2v) is 4.15. The van der Waals surface area contributed by atoms with Gasteiger partial charge in [0.2, 0.25) is 0 Å². The Morgan fingerprint density at radius 3 is 2.93 bits per heavy atom. The van der Waals surface area contributed by atoms with E-state index < -0.39 is 0 Å². The number of hydrogen-bond acceptors (Lipinski definition) is 3. The Balaban J connectivity index is 1.95. The van der Waals surface area contributed by atoms with Gasteiger partial charge in [0.1, 0.15) is 0 Å². The van der Waals surface area contributed by atoms with Gasteiger partial charge in [-0.15, -0.1) is 0 Å². The van der Waals surface area contributed by atoms with Crippen molar-refractivity contribution >= 4 is 0 Å². The van der Waals surface area contributed by atoms with Crippen molar-refractivity contribution in [2.45, 2.75) is 38.2 Å².